The number of rotatable bonds is 8. The van der Waals surface area contributed by atoms with Gasteiger partial charge in [-0.3, -0.25) is 4.68 Å². The number of hydrogen-bond acceptors (Lipinski definition) is 4. The first-order valence-electron chi connectivity index (χ1n) is 9.26. The predicted molar refractivity (Wildman–Crippen MR) is 97.9 cm³/mol. The average Bonchev–Trinajstić information content (AvgIpc) is 2.99. The number of nitrogens with zero attached hydrogens (tertiary/aromatic N) is 5. The maximum absolute atomic E-state index is 4.57. The van der Waals surface area contributed by atoms with Crippen LogP contribution in [0.3, 0.4) is 0 Å². The SMILES string of the molecule is CCNC(=NCc1ncnn1C)NCCCCN1CCC(C)CC1. The van der Waals surface area contributed by atoms with Gasteiger partial charge in [0.1, 0.15) is 18.7 Å². The van der Waals surface area contributed by atoms with E-state index in [1.807, 2.05) is 7.05 Å². The number of aryl methyl sites for hydroxylation is 1. The van der Waals surface area contributed by atoms with Gasteiger partial charge in [-0.1, -0.05) is 6.92 Å². The van der Waals surface area contributed by atoms with Crippen LogP contribution in [-0.4, -0.2) is 58.3 Å². The van der Waals surface area contributed by atoms with Crippen molar-refractivity contribution < 1.29 is 0 Å². The minimum absolute atomic E-state index is 0.539. The molecule has 2 rings (SSSR count). The van der Waals surface area contributed by atoms with Gasteiger partial charge in [0.25, 0.3) is 0 Å². The number of hydrogen-bond donors (Lipinski definition) is 2. The fourth-order valence-electron chi connectivity index (χ4n) is 2.91. The molecule has 0 spiro atoms. The number of piperidine rings is 1. The van der Waals surface area contributed by atoms with E-state index in [9.17, 15) is 0 Å². The fraction of sp³-hybridized carbons (Fsp3) is 0.824. The van der Waals surface area contributed by atoms with Crippen molar-refractivity contribution in [3.63, 3.8) is 0 Å². The van der Waals surface area contributed by atoms with Crippen molar-refractivity contribution in [2.24, 2.45) is 18.0 Å². The summed E-state index contributed by atoms with van der Waals surface area (Å²) in [6.45, 7) is 10.6. The highest BCUT2D eigenvalue weighted by Gasteiger charge is 2.14. The summed E-state index contributed by atoms with van der Waals surface area (Å²) in [6, 6.07) is 0. The monoisotopic (exact) mass is 335 g/mol. The Morgan fingerprint density at radius 3 is 2.75 bits per heavy atom. The summed E-state index contributed by atoms with van der Waals surface area (Å²) < 4.78 is 1.76. The zero-order valence-corrected chi connectivity index (χ0v) is 15.5. The molecule has 0 aliphatic carbocycles. The van der Waals surface area contributed by atoms with E-state index < -0.39 is 0 Å². The van der Waals surface area contributed by atoms with Gasteiger partial charge in [-0.05, 0) is 58.2 Å². The average molecular weight is 336 g/mol. The molecule has 0 radical (unpaired) electrons. The van der Waals surface area contributed by atoms with E-state index in [2.05, 4.69) is 44.5 Å². The maximum Gasteiger partial charge on any atom is 0.191 e. The first kappa shape index (κ1) is 18.7. The molecule has 0 unspecified atom stereocenters. The van der Waals surface area contributed by atoms with E-state index in [1.54, 1.807) is 11.0 Å². The van der Waals surface area contributed by atoms with Gasteiger partial charge >= 0.3 is 0 Å². The van der Waals surface area contributed by atoms with Crippen molar-refractivity contribution in [3.8, 4) is 0 Å². The van der Waals surface area contributed by atoms with Gasteiger partial charge in [0.15, 0.2) is 5.96 Å². The molecule has 24 heavy (non-hydrogen) atoms. The Bertz CT molecular complexity index is 489. The summed E-state index contributed by atoms with van der Waals surface area (Å²) in [6.07, 6.45) is 6.69. The molecule has 1 saturated heterocycles. The molecule has 0 amide bonds. The first-order chi connectivity index (χ1) is 11.7. The van der Waals surface area contributed by atoms with Crippen LogP contribution in [0.25, 0.3) is 0 Å². The standard InChI is InChI=1S/C17H33N7/c1-4-18-17(20-13-16-21-14-22-23(16)3)19-9-5-6-10-24-11-7-15(2)8-12-24/h14-15H,4-13H2,1-3H3,(H2,18,19,20). The molecule has 0 saturated carbocycles. The van der Waals surface area contributed by atoms with Gasteiger partial charge in [0, 0.05) is 20.1 Å². The van der Waals surface area contributed by atoms with E-state index in [0.29, 0.717) is 6.54 Å². The van der Waals surface area contributed by atoms with Crippen molar-refractivity contribution >= 4 is 5.96 Å². The predicted octanol–water partition coefficient (Wildman–Crippen LogP) is 1.38. The Hall–Kier alpha value is -1.63. The normalized spacial score (nSPS) is 17.2. The molecule has 2 N–H and O–H groups in total. The van der Waals surface area contributed by atoms with Gasteiger partial charge in [-0.15, -0.1) is 0 Å². The molecule has 7 heteroatoms. The van der Waals surface area contributed by atoms with Crippen LogP contribution >= 0.6 is 0 Å². The third-order valence-electron chi connectivity index (χ3n) is 4.60. The summed E-state index contributed by atoms with van der Waals surface area (Å²) in [4.78, 5) is 11.4. The van der Waals surface area contributed by atoms with Gasteiger partial charge in [-0.25, -0.2) is 9.98 Å². The van der Waals surface area contributed by atoms with Crippen LogP contribution in [0.4, 0.5) is 0 Å². The minimum atomic E-state index is 0.539. The molecule has 1 fully saturated rings. The Morgan fingerprint density at radius 2 is 2.08 bits per heavy atom. The van der Waals surface area contributed by atoms with Crippen LogP contribution < -0.4 is 10.6 Å². The third kappa shape index (κ3) is 6.47. The molecule has 1 aromatic heterocycles. The summed E-state index contributed by atoms with van der Waals surface area (Å²) in [5.41, 5.74) is 0. The summed E-state index contributed by atoms with van der Waals surface area (Å²) >= 11 is 0. The van der Waals surface area contributed by atoms with E-state index in [-0.39, 0.29) is 0 Å². The van der Waals surface area contributed by atoms with E-state index >= 15 is 0 Å². The Kier molecular flexibility index (Phi) is 8.01. The molecule has 1 aliphatic heterocycles. The quantitative estimate of drug-likeness (QED) is 0.427. The molecule has 0 aromatic carbocycles. The second kappa shape index (κ2) is 10.3. The van der Waals surface area contributed by atoms with Crippen LogP contribution in [0.2, 0.25) is 0 Å². The van der Waals surface area contributed by atoms with Crippen molar-refractivity contribution in [1.29, 1.82) is 0 Å². The van der Waals surface area contributed by atoms with Crippen LogP contribution in [0, 0.1) is 5.92 Å². The minimum Gasteiger partial charge on any atom is -0.357 e. The summed E-state index contributed by atoms with van der Waals surface area (Å²) in [7, 11) is 1.89. The smallest absolute Gasteiger partial charge is 0.191 e. The van der Waals surface area contributed by atoms with Crippen LogP contribution in [-0.2, 0) is 13.6 Å². The lowest BCUT2D eigenvalue weighted by atomic mass is 9.99. The maximum atomic E-state index is 4.57. The van der Waals surface area contributed by atoms with E-state index in [1.165, 1.54) is 45.3 Å². The lowest BCUT2D eigenvalue weighted by Gasteiger charge is -2.30. The molecule has 1 aliphatic rings. The van der Waals surface area contributed by atoms with Crippen molar-refractivity contribution in [1.82, 2.24) is 30.3 Å². The molecular weight excluding hydrogens is 302 g/mol. The highest BCUT2D eigenvalue weighted by molar-refractivity contribution is 5.79. The highest BCUT2D eigenvalue weighted by Crippen LogP contribution is 2.15. The Balaban J connectivity index is 1.63. The van der Waals surface area contributed by atoms with Crippen LogP contribution in [0.1, 0.15) is 45.4 Å². The number of guanidine groups is 1. The molecule has 2 heterocycles. The molecule has 136 valence electrons. The molecule has 0 atom stereocenters. The number of unbranched alkanes of at least 4 members (excludes halogenated alkanes) is 1. The van der Waals surface area contributed by atoms with Gasteiger partial charge in [0.2, 0.25) is 0 Å². The number of aliphatic imine (C=N–C) groups is 1. The lowest BCUT2D eigenvalue weighted by molar-refractivity contribution is 0.189. The fourth-order valence-corrected chi connectivity index (χ4v) is 2.91. The van der Waals surface area contributed by atoms with Crippen molar-refractivity contribution in [2.45, 2.75) is 46.1 Å². The number of likely N-dealkylation sites (tertiary alicyclic amines) is 1. The second-order valence-corrected chi connectivity index (χ2v) is 6.65. The molecule has 1 aromatic rings. The lowest BCUT2D eigenvalue weighted by Crippen LogP contribution is -2.38. The number of aromatic nitrogens is 3. The van der Waals surface area contributed by atoms with Gasteiger partial charge in [-0.2, -0.15) is 5.10 Å². The van der Waals surface area contributed by atoms with Crippen molar-refractivity contribution in [3.05, 3.63) is 12.2 Å². The molecular formula is C17H33N7. The summed E-state index contributed by atoms with van der Waals surface area (Å²) in [5.74, 6) is 2.63. The zero-order chi connectivity index (χ0) is 17.2. The van der Waals surface area contributed by atoms with E-state index in [0.717, 1.165) is 30.8 Å². The Morgan fingerprint density at radius 1 is 1.29 bits per heavy atom. The first-order valence-corrected chi connectivity index (χ1v) is 9.26. The third-order valence-corrected chi connectivity index (χ3v) is 4.60. The largest absolute Gasteiger partial charge is 0.357 e. The van der Waals surface area contributed by atoms with Crippen LogP contribution in [0.5, 0.6) is 0 Å². The molecule has 0 bridgehead atoms. The Labute approximate surface area is 145 Å². The van der Waals surface area contributed by atoms with E-state index in [4.69, 9.17) is 0 Å². The van der Waals surface area contributed by atoms with Gasteiger partial charge < -0.3 is 15.5 Å². The van der Waals surface area contributed by atoms with Crippen molar-refractivity contribution in [2.75, 3.05) is 32.7 Å². The van der Waals surface area contributed by atoms with Gasteiger partial charge in [0.05, 0.1) is 0 Å². The summed E-state index contributed by atoms with van der Waals surface area (Å²) in [5, 5.41) is 10.8. The second-order valence-electron chi connectivity index (χ2n) is 6.65. The van der Waals surface area contributed by atoms with Crippen LogP contribution in [0.15, 0.2) is 11.3 Å². The molecule has 7 nitrogen and oxygen atoms in total. The number of nitrogens with one attached hydrogen (secondary N) is 2. The zero-order valence-electron chi connectivity index (χ0n) is 15.5. The topological polar surface area (TPSA) is 70.4 Å². The highest BCUT2D eigenvalue weighted by atomic mass is 15.3.